The number of rotatable bonds is 6. The first-order chi connectivity index (χ1) is 12.0. The molecule has 0 heterocycles. The third-order valence-electron chi connectivity index (χ3n) is 4.88. The molecule has 1 aromatic rings. The molecule has 148 valence electrons. The maximum atomic E-state index is 14.5. The zero-order valence-corrected chi connectivity index (χ0v) is 17.5. The van der Waals surface area contributed by atoms with Crippen molar-refractivity contribution in [1.82, 2.24) is 0 Å². The van der Waals surface area contributed by atoms with E-state index in [0.29, 0.717) is 11.7 Å². The van der Waals surface area contributed by atoms with Crippen LogP contribution in [0.2, 0.25) is 0 Å². The summed E-state index contributed by atoms with van der Waals surface area (Å²) < 4.78 is 27.0. The average molecular weight is 365 g/mol. The zero-order chi connectivity index (χ0) is 19.4. The molecule has 0 amide bonds. The molecule has 1 aliphatic carbocycles. The Labute approximate surface area is 159 Å². The molecule has 0 spiro atoms. The molecule has 3 heteroatoms. The highest BCUT2D eigenvalue weighted by molar-refractivity contribution is 5.29. The second-order valence-electron chi connectivity index (χ2n) is 10.0. The Morgan fingerprint density at radius 3 is 2.04 bits per heavy atom. The number of alkyl halides is 1. The Bertz CT molecular complexity index is 533. The molecule has 0 N–H and O–H groups in total. The molecular formula is C23H37FO2. The lowest BCUT2D eigenvalue weighted by Gasteiger charge is -2.31. The molecule has 1 aliphatic rings. The van der Waals surface area contributed by atoms with Gasteiger partial charge in [-0.15, -0.1) is 0 Å². The van der Waals surface area contributed by atoms with E-state index in [2.05, 4.69) is 20.8 Å². The van der Waals surface area contributed by atoms with Gasteiger partial charge in [0.25, 0.3) is 0 Å². The van der Waals surface area contributed by atoms with Gasteiger partial charge in [-0.3, -0.25) is 0 Å². The monoisotopic (exact) mass is 364 g/mol. The van der Waals surface area contributed by atoms with Crippen molar-refractivity contribution < 1.29 is 13.9 Å². The molecule has 2 atom stereocenters. The Morgan fingerprint density at radius 2 is 1.54 bits per heavy atom. The van der Waals surface area contributed by atoms with Crippen molar-refractivity contribution in [2.75, 3.05) is 0 Å². The minimum atomic E-state index is -0.986. The molecule has 2 unspecified atom stereocenters. The van der Waals surface area contributed by atoms with Gasteiger partial charge in [0, 0.05) is 6.42 Å². The van der Waals surface area contributed by atoms with Crippen molar-refractivity contribution in [3.05, 3.63) is 29.8 Å². The molecule has 0 aromatic heterocycles. The van der Waals surface area contributed by atoms with Gasteiger partial charge in [0.15, 0.2) is 0 Å². The van der Waals surface area contributed by atoms with Gasteiger partial charge in [0.2, 0.25) is 6.29 Å². The highest BCUT2D eigenvalue weighted by Gasteiger charge is 2.27. The fourth-order valence-corrected chi connectivity index (χ4v) is 3.40. The Hall–Kier alpha value is -1.09. The van der Waals surface area contributed by atoms with Gasteiger partial charge in [0.05, 0.1) is 6.10 Å². The maximum absolute atomic E-state index is 14.5. The largest absolute Gasteiger partial charge is 0.465 e. The summed E-state index contributed by atoms with van der Waals surface area (Å²) in [5.41, 5.74) is 0.418. The van der Waals surface area contributed by atoms with Crippen LogP contribution in [0.3, 0.4) is 0 Å². The van der Waals surface area contributed by atoms with Gasteiger partial charge in [-0.1, -0.05) is 72.9 Å². The number of hydrogen-bond donors (Lipinski definition) is 0. The van der Waals surface area contributed by atoms with Crippen LogP contribution in [-0.4, -0.2) is 12.4 Å². The van der Waals surface area contributed by atoms with Crippen molar-refractivity contribution in [2.45, 2.75) is 98.6 Å². The van der Waals surface area contributed by atoms with E-state index in [0.717, 1.165) is 25.0 Å². The first kappa shape index (κ1) is 21.2. The fraction of sp³-hybridized carbons (Fsp3) is 0.739. The quantitative estimate of drug-likeness (QED) is 0.495. The second-order valence-corrected chi connectivity index (χ2v) is 10.0. The fourth-order valence-electron chi connectivity index (χ4n) is 3.40. The molecule has 0 aliphatic heterocycles. The lowest BCUT2D eigenvalue weighted by atomic mass is 9.86. The first-order valence-electron chi connectivity index (χ1n) is 10.1. The lowest BCUT2D eigenvalue weighted by molar-refractivity contribution is -0.142. The topological polar surface area (TPSA) is 18.5 Å². The average Bonchev–Trinajstić information content (AvgIpc) is 2.53. The number of halogens is 1. The highest BCUT2D eigenvalue weighted by Crippen LogP contribution is 2.37. The van der Waals surface area contributed by atoms with Crippen LogP contribution in [-0.2, 0) is 4.74 Å². The van der Waals surface area contributed by atoms with E-state index >= 15 is 0 Å². The molecular weight excluding hydrogens is 327 g/mol. The molecule has 26 heavy (non-hydrogen) atoms. The molecule has 2 nitrogen and oxygen atoms in total. The predicted molar refractivity (Wildman–Crippen MR) is 106 cm³/mol. The van der Waals surface area contributed by atoms with Crippen molar-refractivity contribution >= 4 is 0 Å². The molecule has 1 fully saturated rings. The van der Waals surface area contributed by atoms with Gasteiger partial charge >= 0.3 is 0 Å². The smallest absolute Gasteiger partial charge is 0.200 e. The molecule has 1 aromatic carbocycles. The number of ether oxygens (including phenoxy) is 2. The minimum Gasteiger partial charge on any atom is -0.465 e. The number of benzene rings is 1. The van der Waals surface area contributed by atoms with Gasteiger partial charge in [-0.2, -0.15) is 0 Å². The molecule has 0 saturated heterocycles. The molecule has 0 radical (unpaired) electrons. The van der Waals surface area contributed by atoms with E-state index in [-0.39, 0.29) is 11.7 Å². The van der Waals surface area contributed by atoms with Crippen molar-refractivity contribution in [1.29, 1.82) is 0 Å². The van der Waals surface area contributed by atoms with E-state index in [9.17, 15) is 4.39 Å². The SMILES string of the molecule is CC(C)(C)CC(Oc1ccc(C(F)C(C)(C)C)cc1)OC1CCCCC1. The van der Waals surface area contributed by atoms with Crippen LogP contribution >= 0.6 is 0 Å². The van der Waals surface area contributed by atoms with E-state index in [1.807, 2.05) is 45.0 Å². The lowest BCUT2D eigenvalue weighted by Crippen LogP contribution is -2.32. The summed E-state index contributed by atoms with van der Waals surface area (Å²) in [6.45, 7) is 12.4. The van der Waals surface area contributed by atoms with Crippen LogP contribution in [0.5, 0.6) is 5.75 Å². The van der Waals surface area contributed by atoms with Crippen LogP contribution in [0.25, 0.3) is 0 Å². The summed E-state index contributed by atoms with van der Waals surface area (Å²) in [5, 5.41) is 0. The van der Waals surface area contributed by atoms with Gasteiger partial charge < -0.3 is 9.47 Å². The van der Waals surface area contributed by atoms with E-state index in [4.69, 9.17) is 9.47 Å². The molecule has 1 saturated carbocycles. The van der Waals surface area contributed by atoms with Crippen LogP contribution in [0, 0.1) is 10.8 Å². The highest BCUT2D eigenvalue weighted by atomic mass is 19.1. The van der Waals surface area contributed by atoms with Crippen molar-refractivity contribution in [3.63, 3.8) is 0 Å². The van der Waals surface area contributed by atoms with E-state index < -0.39 is 11.6 Å². The summed E-state index contributed by atoms with van der Waals surface area (Å²) in [5.74, 6) is 0.750. The molecule has 2 rings (SSSR count). The summed E-state index contributed by atoms with van der Waals surface area (Å²) in [7, 11) is 0. The van der Waals surface area contributed by atoms with E-state index in [1.165, 1.54) is 19.3 Å². The predicted octanol–water partition coefficient (Wildman–Crippen LogP) is 7.23. The van der Waals surface area contributed by atoms with Gasteiger partial charge in [0.1, 0.15) is 11.9 Å². The van der Waals surface area contributed by atoms with Crippen LogP contribution in [0.15, 0.2) is 24.3 Å². The maximum Gasteiger partial charge on any atom is 0.200 e. The summed E-state index contributed by atoms with van der Waals surface area (Å²) in [4.78, 5) is 0. The van der Waals surface area contributed by atoms with Crippen molar-refractivity contribution in [2.24, 2.45) is 10.8 Å². The third-order valence-corrected chi connectivity index (χ3v) is 4.88. The third kappa shape index (κ3) is 6.90. The van der Waals surface area contributed by atoms with Gasteiger partial charge in [-0.05, 0) is 41.4 Å². The summed E-state index contributed by atoms with van der Waals surface area (Å²) in [6.07, 6.45) is 5.93. The van der Waals surface area contributed by atoms with Crippen molar-refractivity contribution in [3.8, 4) is 5.75 Å². The Balaban J connectivity index is 2.04. The molecule has 0 bridgehead atoms. The Kier molecular flexibility index (Phi) is 7.12. The second kappa shape index (κ2) is 8.73. The normalized spacial score (nSPS) is 19.2. The van der Waals surface area contributed by atoms with Crippen LogP contribution < -0.4 is 4.74 Å². The van der Waals surface area contributed by atoms with Crippen LogP contribution in [0.1, 0.15) is 91.8 Å². The standard InChI is InChI=1S/C23H37FO2/c1-22(2,3)16-20(25-18-10-8-7-9-11-18)26-19-14-12-17(13-15-19)21(24)23(4,5)6/h12-15,18,20-21H,7-11,16H2,1-6H3. The Morgan fingerprint density at radius 1 is 0.962 bits per heavy atom. The van der Waals surface area contributed by atoms with Crippen LogP contribution in [0.4, 0.5) is 4.39 Å². The first-order valence-corrected chi connectivity index (χ1v) is 10.1. The van der Waals surface area contributed by atoms with Gasteiger partial charge in [-0.25, -0.2) is 4.39 Å². The van der Waals surface area contributed by atoms with E-state index in [1.54, 1.807) is 0 Å². The number of hydrogen-bond acceptors (Lipinski definition) is 2. The minimum absolute atomic E-state index is 0.121. The zero-order valence-electron chi connectivity index (χ0n) is 17.5. The summed E-state index contributed by atoms with van der Waals surface area (Å²) in [6, 6.07) is 7.40. The summed E-state index contributed by atoms with van der Waals surface area (Å²) >= 11 is 0.